The molecule has 0 spiro atoms. The maximum Gasteiger partial charge on any atom is 0.180 e. The summed E-state index contributed by atoms with van der Waals surface area (Å²) >= 11 is 0. The van der Waals surface area contributed by atoms with E-state index >= 15 is 0 Å². The molecule has 0 N–H and O–H groups in total. The minimum Gasteiger partial charge on any atom is -0.456 e. The van der Waals surface area contributed by atoms with Crippen molar-refractivity contribution in [2.24, 2.45) is 0 Å². The Balaban J connectivity index is 1.16. The highest BCUT2D eigenvalue weighted by molar-refractivity contribution is 7.22. The number of furan rings is 1. The van der Waals surface area contributed by atoms with Gasteiger partial charge in [-0.1, -0.05) is 146 Å². The van der Waals surface area contributed by atoms with Crippen LogP contribution in [0.3, 0.4) is 0 Å². The third kappa shape index (κ3) is 5.41. The van der Waals surface area contributed by atoms with Crippen molar-refractivity contribution < 1.29 is 4.42 Å². The van der Waals surface area contributed by atoms with E-state index in [4.69, 9.17) is 4.42 Å². The van der Waals surface area contributed by atoms with Gasteiger partial charge in [-0.05, 0) is 111 Å². The van der Waals surface area contributed by atoms with Gasteiger partial charge in [0.25, 0.3) is 0 Å². The molecule has 0 unspecified atom stereocenters. The number of hydrogen-bond acceptors (Lipinski definition) is 3. The van der Waals surface area contributed by atoms with Gasteiger partial charge in [-0.15, -0.1) is 0 Å². The quantitative estimate of drug-likeness (QED) is 0.144. The first kappa shape index (κ1) is 33.9. The molecule has 0 atom stereocenters. The second-order valence-corrected chi connectivity index (χ2v) is 18.6. The lowest BCUT2D eigenvalue weighted by Crippen LogP contribution is -2.72. The smallest absolute Gasteiger partial charge is 0.180 e. The molecule has 3 nitrogen and oxygen atoms in total. The van der Waals surface area contributed by atoms with E-state index in [0.29, 0.717) is 0 Å². The molecule has 2 heterocycles. The third-order valence-corrected chi connectivity index (χ3v) is 16.6. The summed E-state index contributed by atoms with van der Waals surface area (Å²) < 4.78 is 6.43. The van der Waals surface area contributed by atoms with E-state index in [1.54, 1.807) is 0 Å². The van der Waals surface area contributed by atoms with Gasteiger partial charge in [-0.2, -0.15) is 0 Å². The fourth-order valence-electron chi connectivity index (χ4n) is 9.23. The van der Waals surface area contributed by atoms with Gasteiger partial charge in [0.1, 0.15) is 11.2 Å². The molecular weight excluding hydrogens is 721 g/mol. The van der Waals surface area contributed by atoms with Crippen molar-refractivity contribution in [3.05, 3.63) is 231 Å². The van der Waals surface area contributed by atoms with E-state index < -0.39 is 8.07 Å². The minimum atomic E-state index is -2.84. The van der Waals surface area contributed by atoms with Gasteiger partial charge in [0.2, 0.25) is 0 Å². The molecule has 0 saturated heterocycles. The van der Waals surface area contributed by atoms with E-state index in [-0.39, 0.29) is 0 Å². The Hall–Kier alpha value is -7.40. The molecule has 0 amide bonds. The number of benzene rings is 9. The largest absolute Gasteiger partial charge is 0.456 e. The molecule has 1 aliphatic heterocycles. The Morgan fingerprint density at radius 2 is 0.741 bits per heavy atom. The van der Waals surface area contributed by atoms with Crippen molar-refractivity contribution in [3.63, 3.8) is 0 Å². The predicted octanol–water partition coefficient (Wildman–Crippen LogP) is 11.9. The molecule has 0 radical (unpaired) electrons. The Kier molecular flexibility index (Phi) is 8.16. The number of anilines is 6. The summed E-state index contributed by atoms with van der Waals surface area (Å²) in [5.41, 5.74) is 10.9. The Labute approximate surface area is 339 Å². The summed E-state index contributed by atoms with van der Waals surface area (Å²) in [5.74, 6) is 0. The molecule has 11 rings (SSSR count). The van der Waals surface area contributed by atoms with E-state index in [0.717, 1.165) is 56.1 Å². The summed E-state index contributed by atoms with van der Waals surface area (Å²) in [5, 5.41) is 7.77. The van der Waals surface area contributed by atoms with Crippen LogP contribution in [0, 0.1) is 0 Å². The van der Waals surface area contributed by atoms with Gasteiger partial charge >= 0.3 is 0 Å². The Morgan fingerprint density at radius 1 is 0.293 bits per heavy atom. The van der Waals surface area contributed by atoms with Crippen LogP contribution < -0.4 is 30.5 Å². The summed E-state index contributed by atoms with van der Waals surface area (Å²) in [4.78, 5) is 4.75. The number of fused-ring (bicyclic) bond motifs is 6. The highest BCUT2D eigenvalue weighted by atomic mass is 28.3. The molecule has 0 fully saturated rings. The first-order valence-electron chi connectivity index (χ1n) is 19.8. The molecule has 1 aromatic heterocycles. The van der Waals surface area contributed by atoms with Crippen molar-refractivity contribution in [2.75, 3.05) is 9.80 Å². The zero-order valence-electron chi connectivity index (χ0n) is 31.7. The van der Waals surface area contributed by atoms with Crippen molar-refractivity contribution in [3.8, 4) is 11.1 Å². The maximum atomic E-state index is 6.43. The molecule has 58 heavy (non-hydrogen) atoms. The molecule has 9 aromatic carbocycles. The zero-order chi connectivity index (χ0) is 38.5. The SMILES string of the molecule is c1ccc(N(c2ccccc2)c2ccc3c(c2)[Si](c2ccccc2)(c2ccccc2)c2ccc(N(c4ccccc4)c4ccc5c(c4)oc4ccccc45)cc2-3)cc1. The topological polar surface area (TPSA) is 19.6 Å². The van der Waals surface area contributed by atoms with Crippen LogP contribution in [0.5, 0.6) is 0 Å². The molecule has 4 heteroatoms. The lowest BCUT2D eigenvalue weighted by Gasteiger charge is -2.33. The first-order chi connectivity index (χ1) is 28.8. The van der Waals surface area contributed by atoms with Crippen molar-refractivity contribution in [2.45, 2.75) is 0 Å². The lowest BCUT2D eigenvalue weighted by molar-refractivity contribution is 0.669. The standard InChI is InChI=1S/C54H38N2OSi/c1-6-18-39(19-7-1)55(40-20-8-2-9-21-40)44-31-34-49-50-36-42(32-35-53(50)58(54(49)38-44,45-24-12-4-13-25-45)46-26-14-5-15-27-46)56(41-22-10-3-11-23-41)43-30-33-48-47-28-16-17-29-51(47)57-52(48)37-43/h1-38H. The third-order valence-electron chi connectivity index (χ3n) is 11.7. The number of hydrogen-bond donors (Lipinski definition) is 0. The second-order valence-electron chi connectivity index (χ2n) is 14.9. The first-order valence-corrected chi connectivity index (χ1v) is 21.8. The normalized spacial score (nSPS) is 12.6. The lowest BCUT2D eigenvalue weighted by atomic mass is 10.0. The summed E-state index contributed by atoms with van der Waals surface area (Å²) in [6.07, 6.45) is 0. The summed E-state index contributed by atoms with van der Waals surface area (Å²) in [7, 11) is -2.84. The van der Waals surface area contributed by atoms with E-state index in [1.807, 2.05) is 12.1 Å². The van der Waals surface area contributed by atoms with Crippen LogP contribution in [-0.4, -0.2) is 8.07 Å². The number of rotatable bonds is 8. The molecule has 0 aliphatic carbocycles. The van der Waals surface area contributed by atoms with Crippen molar-refractivity contribution in [1.29, 1.82) is 0 Å². The molecule has 0 saturated carbocycles. The van der Waals surface area contributed by atoms with Crippen LogP contribution in [-0.2, 0) is 0 Å². The predicted molar refractivity (Wildman–Crippen MR) is 246 cm³/mol. The fraction of sp³-hybridized carbons (Fsp3) is 0. The molecule has 0 bridgehead atoms. The minimum absolute atomic E-state index is 0.875. The van der Waals surface area contributed by atoms with Gasteiger partial charge in [0.05, 0.1) is 0 Å². The molecule has 1 aliphatic rings. The van der Waals surface area contributed by atoms with Gasteiger partial charge in [0, 0.05) is 51.0 Å². The zero-order valence-corrected chi connectivity index (χ0v) is 32.7. The van der Waals surface area contributed by atoms with Crippen LogP contribution >= 0.6 is 0 Å². The van der Waals surface area contributed by atoms with Crippen molar-refractivity contribution >= 4 is 84.9 Å². The van der Waals surface area contributed by atoms with Gasteiger partial charge in [0.15, 0.2) is 8.07 Å². The summed E-state index contributed by atoms with van der Waals surface area (Å²) in [6, 6.07) is 83.8. The second kappa shape index (κ2) is 14.0. The van der Waals surface area contributed by atoms with Crippen LogP contribution in [0.2, 0.25) is 0 Å². The number of para-hydroxylation sites is 4. The fourth-order valence-corrected chi connectivity index (χ4v) is 14.4. The Morgan fingerprint density at radius 3 is 1.34 bits per heavy atom. The highest BCUT2D eigenvalue weighted by Crippen LogP contribution is 2.42. The Bertz CT molecular complexity index is 2980. The summed E-state index contributed by atoms with van der Waals surface area (Å²) in [6.45, 7) is 0. The molecule has 274 valence electrons. The average molecular weight is 759 g/mol. The monoisotopic (exact) mass is 758 g/mol. The van der Waals surface area contributed by atoms with Crippen LogP contribution in [0.15, 0.2) is 235 Å². The average Bonchev–Trinajstić information content (AvgIpc) is 3.81. The van der Waals surface area contributed by atoms with Crippen LogP contribution in [0.1, 0.15) is 0 Å². The molecular formula is C54H38N2OSi. The van der Waals surface area contributed by atoms with Gasteiger partial charge in [-0.3, -0.25) is 0 Å². The van der Waals surface area contributed by atoms with Crippen LogP contribution in [0.4, 0.5) is 34.1 Å². The maximum absolute atomic E-state index is 6.43. The molecule has 10 aromatic rings. The van der Waals surface area contributed by atoms with E-state index in [2.05, 4.69) is 228 Å². The van der Waals surface area contributed by atoms with Gasteiger partial charge in [-0.25, -0.2) is 0 Å². The van der Waals surface area contributed by atoms with Crippen LogP contribution in [0.25, 0.3) is 33.1 Å². The van der Waals surface area contributed by atoms with E-state index in [9.17, 15) is 0 Å². The van der Waals surface area contributed by atoms with Gasteiger partial charge < -0.3 is 14.2 Å². The van der Waals surface area contributed by atoms with E-state index in [1.165, 1.54) is 31.9 Å². The highest BCUT2D eigenvalue weighted by Gasteiger charge is 2.49. The van der Waals surface area contributed by atoms with Crippen molar-refractivity contribution in [1.82, 2.24) is 0 Å². The number of nitrogens with zero attached hydrogens (tertiary/aromatic N) is 2.